The number of H-pyrrole nitrogens is 1. The maximum absolute atomic E-state index is 13.6. The quantitative estimate of drug-likeness (QED) is 0.388. The molecule has 1 atom stereocenters. The summed E-state index contributed by atoms with van der Waals surface area (Å²) in [6.45, 7) is 5.98. The number of nitrogens with one attached hydrogen (secondary N) is 1. The number of benzene rings is 1. The van der Waals surface area contributed by atoms with Crippen LogP contribution in [0.5, 0.6) is 11.5 Å². The molecule has 0 aliphatic carbocycles. The molecule has 8 heteroatoms. The molecule has 1 aliphatic heterocycles. The van der Waals surface area contributed by atoms with Crippen LogP contribution in [0, 0.1) is 0 Å². The molecule has 1 fully saturated rings. The van der Waals surface area contributed by atoms with E-state index in [2.05, 4.69) is 23.8 Å². The largest absolute Gasteiger partial charge is 0.493 e. The SMILES string of the molecule is CCCCCOc1cc(N2CCC(C)N(Cc3ccnc4[nH]cc(Cl)c34)C2=O)ccc1OC. The van der Waals surface area contributed by atoms with Crippen LogP contribution in [0.2, 0.25) is 5.02 Å². The van der Waals surface area contributed by atoms with Gasteiger partial charge in [-0.15, -0.1) is 0 Å². The van der Waals surface area contributed by atoms with Crippen molar-refractivity contribution in [2.45, 2.75) is 52.1 Å². The van der Waals surface area contributed by atoms with Crippen molar-refractivity contribution in [2.75, 3.05) is 25.2 Å². The first-order chi connectivity index (χ1) is 16.0. The van der Waals surface area contributed by atoms with Crippen molar-refractivity contribution in [2.24, 2.45) is 0 Å². The van der Waals surface area contributed by atoms with Crippen LogP contribution in [-0.4, -0.2) is 47.2 Å². The van der Waals surface area contributed by atoms with Gasteiger partial charge in [0.15, 0.2) is 11.5 Å². The third kappa shape index (κ3) is 4.88. The number of aromatic nitrogens is 2. The minimum absolute atomic E-state index is 0.0347. The van der Waals surface area contributed by atoms with Gasteiger partial charge in [-0.25, -0.2) is 9.78 Å². The molecule has 4 rings (SSSR count). The van der Waals surface area contributed by atoms with Crippen molar-refractivity contribution in [1.82, 2.24) is 14.9 Å². The Bertz CT molecular complexity index is 1120. The van der Waals surface area contributed by atoms with E-state index in [1.807, 2.05) is 34.1 Å². The molecule has 7 nitrogen and oxygen atoms in total. The lowest BCUT2D eigenvalue weighted by molar-refractivity contribution is 0.166. The fourth-order valence-corrected chi connectivity index (χ4v) is 4.52. The Morgan fingerprint density at radius 3 is 2.88 bits per heavy atom. The van der Waals surface area contributed by atoms with Crippen molar-refractivity contribution in [3.8, 4) is 11.5 Å². The Labute approximate surface area is 199 Å². The Balaban J connectivity index is 1.57. The highest BCUT2D eigenvalue weighted by Gasteiger charge is 2.32. The number of ether oxygens (including phenoxy) is 2. The Kier molecular flexibility index (Phi) is 7.28. The van der Waals surface area contributed by atoms with E-state index < -0.39 is 0 Å². The number of nitrogens with zero attached hydrogens (tertiary/aromatic N) is 3. The third-order valence-corrected chi connectivity index (χ3v) is 6.49. The molecule has 1 unspecified atom stereocenters. The zero-order valence-electron chi connectivity index (χ0n) is 19.4. The number of hydrogen-bond donors (Lipinski definition) is 1. The molecule has 2 aromatic heterocycles. The number of pyridine rings is 1. The third-order valence-electron chi connectivity index (χ3n) is 6.20. The first kappa shape index (κ1) is 23.2. The van der Waals surface area contributed by atoms with E-state index in [1.54, 1.807) is 19.5 Å². The molecule has 33 heavy (non-hydrogen) atoms. The number of urea groups is 1. The second kappa shape index (κ2) is 10.3. The fraction of sp³-hybridized carbons (Fsp3) is 0.440. The summed E-state index contributed by atoms with van der Waals surface area (Å²) in [5.74, 6) is 1.34. The van der Waals surface area contributed by atoms with Crippen LogP contribution in [0.25, 0.3) is 11.0 Å². The highest BCUT2D eigenvalue weighted by atomic mass is 35.5. The Hall–Kier alpha value is -2.93. The van der Waals surface area contributed by atoms with Gasteiger partial charge in [0.25, 0.3) is 0 Å². The van der Waals surface area contributed by atoms with Crippen LogP contribution in [0.1, 0.15) is 45.1 Å². The van der Waals surface area contributed by atoms with Gasteiger partial charge < -0.3 is 19.4 Å². The molecule has 1 N–H and O–H groups in total. The van der Waals surface area contributed by atoms with E-state index in [1.165, 1.54) is 0 Å². The van der Waals surface area contributed by atoms with Crippen molar-refractivity contribution >= 4 is 34.4 Å². The van der Waals surface area contributed by atoms with E-state index in [9.17, 15) is 4.79 Å². The number of rotatable bonds is 9. The summed E-state index contributed by atoms with van der Waals surface area (Å²) < 4.78 is 11.5. The minimum Gasteiger partial charge on any atom is -0.493 e. The van der Waals surface area contributed by atoms with Gasteiger partial charge in [-0.3, -0.25) is 4.90 Å². The van der Waals surface area contributed by atoms with Crippen molar-refractivity contribution in [3.05, 3.63) is 47.2 Å². The predicted octanol–water partition coefficient (Wildman–Crippen LogP) is 6.01. The van der Waals surface area contributed by atoms with Gasteiger partial charge in [-0.05, 0) is 43.5 Å². The molecule has 2 amide bonds. The molecule has 1 aromatic carbocycles. The van der Waals surface area contributed by atoms with Gasteiger partial charge in [-0.2, -0.15) is 0 Å². The number of unbranched alkanes of at least 4 members (excludes halogenated alkanes) is 2. The molecule has 3 aromatic rings. The maximum Gasteiger partial charge on any atom is 0.325 e. The number of amides is 2. The molecular formula is C25H31ClN4O3. The fourth-order valence-electron chi connectivity index (χ4n) is 4.25. The average Bonchev–Trinajstić information content (AvgIpc) is 3.21. The lowest BCUT2D eigenvalue weighted by atomic mass is 10.1. The maximum atomic E-state index is 13.6. The van der Waals surface area contributed by atoms with Gasteiger partial charge in [-0.1, -0.05) is 31.4 Å². The highest BCUT2D eigenvalue weighted by Crippen LogP contribution is 2.35. The second-order valence-corrected chi connectivity index (χ2v) is 8.83. The van der Waals surface area contributed by atoms with E-state index in [4.69, 9.17) is 21.1 Å². The van der Waals surface area contributed by atoms with Gasteiger partial charge in [0.2, 0.25) is 0 Å². The molecule has 0 saturated carbocycles. The van der Waals surface area contributed by atoms with Gasteiger partial charge in [0.1, 0.15) is 5.65 Å². The van der Waals surface area contributed by atoms with E-state index in [0.717, 1.165) is 48.0 Å². The van der Waals surface area contributed by atoms with Crippen LogP contribution >= 0.6 is 11.6 Å². The minimum atomic E-state index is -0.0347. The van der Waals surface area contributed by atoms with Crippen molar-refractivity contribution in [1.29, 1.82) is 0 Å². The molecule has 0 radical (unpaired) electrons. The summed E-state index contributed by atoms with van der Waals surface area (Å²) in [4.78, 5) is 24.7. The summed E-state index contributed by atoms with van der Waals surface area (Å²) in [6, 6.07) is 7.69. The van der Waals surface area contributed by atoms with Gasteiger partial charge >= 0.3 is 6.03 Å². The van der Waals surface area contributed by atoms with Crippen LogP contribution in [0.15, 0.2) is 36.7 Å². The van der Waals surface area contributed by atoms with Crippen molar-refractivity contribution in [3.63, 3.8) is 0 Å². The molecule has 176 valence electrons. The highest BCUT2D eigenvalue weighted by molar-refractivity contribution is 6.35. The normalized spacial score (nSPS) is 16.5. The van der Waals surface area contributed by atoms with Crippen LogP contribution in [0.3, 0.4) is 0 Å². The predicted molar refractivity (Wildman–Crippen MR) is 131 cm³/mol. The smallest absolute Gasteiger partial charge is 0.325 e. The monoisotopic (exact) mass is 470 g/mol. The molecule has 3 heterocycles. The number of anilines is 1. The summed E-state index contributed by atoms with van der Waals surface area (Å²) in [7, 11) is 1.63. The van der Waals surface area contributed by atoms with E-state index in [-0.39, 0.29) is 12.1 Å². The first-order valence-corrected chi connectivity index (χ1v) is 11.9. The zero-order chi connectivity index (χ0) is 23.4. The number of carbonyl (C=O) groups excluding carboxylic acids is 1. The Morgan fingerprint density at radius 2 is 2.09 bits per heavy atom. The van der Waals surface area contributed by atoms with Crippen LogP contribution < -0.4 is 14.4 Å². The molecule has 0 spiro atoms. The number of fused-ring (bicyclic) bond motifs is 1. The van der Waals surface area contributed by atoms with Crippen LogP contribution in [-0.2, 0) is 6.54 Å². The summed E-state index contributed by atoms with van der Waals surface area (Å²) in [5.41, 5.74) is 2.51. The first-order valence-electron chi connectivity index (χ1n) is 11.5. The lowest BCUT2D eigenvalue weighted by Crippen LogP contribution is -2.53. The number of hydrogen-bond acceptors (Lipinski definition) is 4. The number of halogens is 1. The topological polar surface area (TPSA) is 70.7 Å². The summed E-state index contributed by atoms with van der Waals surface area (Å²) in [6.07, 6.45) is 7.57. The van der Waals surface area contributed by atoms with Crippen molar-refractivity contribution < 1.29 is 14.3 Å². The number of aromatic amines is 1. The zero-order valence-corrected chi connectivity index (χ0v) is 20.2. The van der Waals surface area contributed by atoms with Gasteiger partial charge in [0, 0.05) is 48.7 Å². The molecular weight excluding hydrogens is 440 g/mol. The second-order valence-electron chi connectivity index (χ2n) is 8.42. The average molecular weight is 471 g/mol. The molecule has 0 bridgehead atoms. The van der Waals surface area contributed by atoms with Crippen LogP contribution in [0.4, 0.5) is 10.5 Å². The lowest BCUT2D eigenvalue weighted by Gasteiger charge is -2.40. The number of methoxy groups -OCH3 is 1. The number of carbonyl (C=O) groups is 1. The summed E-state index contributed by atoms with van der Waals surface area (Å²) >= 11 is 6.39. The molecule has 1 aliphatic rings. The van der Waals surface area contributed by atoms with Gasteiger partial charge in [0.05, 0.1) is 18.7 Å². The summed E-state index contributed by atoms with van der Waals surface area (Å²) in [5, 5.41) is 1.48. The van der Waals surface area contributed by atoms with E-state index >= 15 is 0 Å². The standard InChI is InChI=1S/C25H31ClN4O3/c1-4-5-6-13-33-22-14-19(7-8-21(22)32-3)29-12-10-17(2)30(25(29)31)16-18-9-11-27-24-23(18)20(26)15-28-24/h7-9,11,14-15,17H,4-6,10,12-13,16H2,1-3H3,(H,27,28). The van der Waals surface area contributed by atoms with E-state index in [0.29, 0.717) is 36.2 Å². The molecule has 1 saturated heterocycles. The Morgan fingerprint density at radius 1 is 1.24 bits per heavy atom.